The second-order valence-corrected chi connectivity index (χ2v) is 6.21. The topological polar surface area (TPSA) is 34.1 Å². The van der Waals surface area contributed by atoms with E-state index in [0.29, 0.717) is 6.04 Å². The molecule has 0 fully saturated rings. The molecule has 4 heteroatoms. The molecular weight excluding hydrogens is 232 g/mol. The molecule has 0 saturated heterocycles. The number of rotatable bonds is 6. The summed E-state index contributed by atoms with van der Waals surface area (Å²) in [6.45, 7) is 14.2. The Kier molecular flexibility index (Phi) is 5.10. The van der Waals surface area contributed by atoms with Crippen LogP contribution in [0.3, 0.4) is 0 Å². The molecular formula is C13H24N2OS. The largest absolute Gasteiger partial charge is 0.375 e. The summed E-state index contributed by atoms with van der Waals surface area (Å²) in [4.78, 5) is 5.79. The highest BCUT2D eigenvalue weighted by Gasteiger charge is 2.20. The van der Waals surface area contributed by atoms with E-state index in [9.17, 15) is 0 Å². The van der Waals surface area contributed by atoms with Crippen LogP contribution in [-0.2, 0) is 4.74 Å². The first-order chi connectivity index (χ1) is 7.85. The molecule has 0 amide bonds. The molecule has 0 saturated carbocycles. The smallest absolute Gasteiger partial charge is 0.0900 e. The molecule has 1 aromatic rings. The second-order valence-electron chi connectivity index (χ2n) is 4.98. The molecule has 98 valence electrons. The van der Waals surface area contributed by atoms with Crippen LogP contribution in [0.4, 0.5) is 0 Å². The maximum absolute atomic E-state index is 5.68. The van der Waals surface area contributed by atoms with E-state index >= 15 is 0 Å². The molecule has 1 N–H and O–H groups in total. The number of ether oxygens (including phenoxy) is 1. The van der Waals surface area contributed by atoms with Crippen LogP contribution in [0.5, 0.6) is 0 Å². The zero-order chi connectivity index (χ0) is 13.1. The summed E-state index contributed by atoms with van der Waals surface area (Å²) in [5, 5.41) is 4.66. The SMILES string of the molecule is CCOC(C)(C)CNC(C)c1sc(C)nc1C. The van der Waals surface area contributed by atoms with E-state index < -0.39 is 0 Å². The van der Waals surface area contributed by atoms with E-state index in [1.807, 2.05) is 6.92 Å². The molecule has 0 radical (unpaired) electrons. The lowest BCUT2D eigenvalue weighted by Crippen LogP contribution is -2.38. The number of aromatic nitrogens is 1. The quantitative estimate of drug-likeness (QED) is 0.848. The third kappa shape index (κ3) is 4.37. The average Bonchev–Trinajstić information content (AvgIpc) is 2.54. The van der Waals surface area contributed by atoms with Gasteiger partial charge in [0.1, 0.15) is 0 Å². The van der Waals surface area contributed by atoms with E-state index in [-0.39, 0.29) is 5.60 Å². The molecule has 1 heterocycles. The fourth-order valence-corrected chi connectivity index (χ4v) is 2.84. The fraction of sp³-hybridized carbons (Fsp3) is 0.769. The molecule has 0 aromatic carbocycles. The minimum atomic E-state index is -0.114. The van der Waals surface area contributed by atoms with Gasteiger partial charge in [0.15, 0.2) is 0 Å². The van der Waals surface area contributed by atoms with Crippen molar-refractivity contribution in [1.29, 1.82) is 0 Å². The Morgan fingerprint density at radius 2 is 2.06 bits per heavy atom. The fourth-order valence-electron chi connectivity index (χ4n) is 1.88. The molecule has 0 aliphatic carbocycles. The summed E-state index contributed by atoms with van der Waals surface area (Å²) >= 11 is 1.77. The molecule has 17 heavy (non-hydrogen) atoms. The Hall–Kier alpha value is -0.450. The first-order valence-corrected chi connectivity index (χ1v) is 6.98. The maximum atomic E-state index is 5.68. The van der Waals surface area contributed by atoms with Crippen molar-refractivity contribution in [3.63, 3.8) is 0 Å². The van der Waals surface area contributed by atoms with Crippen LogP contribution in [0.2, 0.25) is 0 Å². The van der Waals surface area contributed by atoms with Crippen LogP contribution in [0, 0.1) is 13.8 Å². The predicted octanol–water partition coefficient (Wildman–Crippen LogP) is 3.23. The van der Waals surface area contributed by atoms with Crippen LogP contribution in [-0.4, -0.2) is 23.7 Å². The van der Waals surface area contributed by atoms with Crippen LogP contribution < -0.4 is 5.32 Å². The Morgan fingerprint density at radius 1 is 1.41 bits per heavy atom. The van der Waals surface area contributed by atoms with Crippen LogP contribution >= 0.6 is 11.3 Å². The van der Waals surface area contributed by atoms with Crippen LogP contribution in [0.1, 0.15) is 49.3 Å². The highest BCUT2D eigenvalue weighted by Crippen LogP contribution is 2.24. The number of nitrogens with one attached hydrogen (secondary N) is 1. The Bertz CT molecular complexity index is 360. The van der Waals surface area contributed by atoms with Crippen molar-refractivity contribution < 1.29 is 4.74 Å². The summed E-state index contributed by atoms with van der Waals surface area (Å²) in [5.74, 6) is 0. The van der Waals surface area contributed by atoms with Crippen LogP contribution in [0.15, 0.2) is 0 Å². The lowest BCUT2D eigenvalue weighted by atomic mass is 10.1. The zero-order valence-corrected chi connectivity index (χ0v) is 12.6. The van der Waals surface area contributed by atoms with Crippen molar-refractivity contribution in [2.45, 2.75) is 53.2 Å². The molecule has 0 bridgehead atoms. The highest BCUT2D eigenvalue weighted by molar-refractivity contribution is 7.11. The van der Waals surface area contributed by atoms with Gasteiger partial charge >= 0.3 is 0 Å². The van der Waals surface area contributed by atoms with Gasteiger partial charge in [-0.1, -0.05) is 0 Å². The molecule has 1 atom stereocenters. The van der Waals surface area contributed by atoms with Crippen molar-refractivity contribution in [3.05, 3.63) is 15.6 Å². The summed E-state index contributed by atoms with van der Waals surface area (Å²) in [7, 11) is 0. The van der Waals surface area contributed by atoms with E-state index in [1.54, 1.807) is 11.3 Å². The van der Waals surface area contributed by atoms with Gasteiger partial charge in [0, 0.05) is 24.1 Å². The van der Waals surface area contributed by atoms with Crippen molar-refractivity contribution >= 4 is 11.3 Å². The molecule has 0 aliphatic heterocycles. The Morgan fingerprint density at radius 3 is 2.53 bits per heavy atom. The van der Waals surface area contributed by atoms with Gasteiger partial charge in [0.05, 0.1) is 16.3 Å². The van der Waals surface area contributed by atoms with Crippen molar-refractivity contribution in [2.75, 3.05) is 13.2 Å². The summed E-state index contributed by atoms with van der Waals surface area (Å²) < 4.78 is 5.68. The first kappa shape index (κ1) is 14.6. The molecule has 1 unspecified atom stereocenters. The van der Waals surface area contributed by atoms with Gasteiger partial charge in [-0.3, -0.25) is 0 Å². The van der Waals surface area contributed by atoms with Gasteiger partial charge in [-0.05, 0) is 41.5 Å². The van der Waals surface area contributed by atoms with Gasteiger partial charge < -0.3 is 10.1 Å². The first-order valence-electron chi connectivity index (χ1n) is 6.17. The van der Waals surface area contributed by atoms with E-state index in [1.165, 1.54) is 4.88 Å². The summed E-state index contributed by atoms with van der Waals surface area (Å²) in [5.41, 5.74) is 1.03. The highest BCUT2D eigenvalue weighted by atomic mass is 32.1. The van der Waals surface area contributed by atoms with Crippen molar-refractivity contribution in [2.24, 2.45) is 0 Å². The maximum Gasteiger partial charge on any atom is 0.0900 e. The molecule has 1 aromatic heterocycles. The molecule has 0 aliphatic rings. The lowest BCUT2D eigenvalue weighted by Gasteiger charge is -2.27. The van der Waals surface area contributed by atoms with Crippen LogP contribution in [0.25, 0.3) is 0 Å². The van der Waals surface area contributed by atoms with Gasteiger partial charge in [0.25, 0.3) is 0 Å². The number of aryl methyl sites for hydroxylation is 2. The molecule has 3 nitrogen and oxygen atoms in total. The second kappa shape index (κ2) is 5.94. The standard InChI is InChI=1S/C13H24N2OS/c1-7-16-13(5,6)8-14-9(2)12-10(3)15-11(4)17-12/h9,14H,7-8H2,1-6H3. The minimum Gasteiger partial charge on any atom is -0.375 e. The Balaban J connectivity index is 2.55. The Labute approximate surface area is 109 Å². The zero-order valence-electron chi connectivity index (χ0n) is 11.8. The van der Waals surface area contributed by atoms with Crippen molar-refractivity contribution in [3.8, 4) is 0 Å². The van der Waals surface area contributed by atoms with E-state index in [2.05, 4.69) is 44.9 Å². The summed E-state index contributed by atoms with van der Waals surface area (Å²) in [6, 6.07) is 0.334. The van der Waals surface area contributed by atoms with Gasteiger partial charge in [0.2, 0.25) is 0 Å². The van der Waals surface area contributed by atoms with E-state index in [4.69, 9.17) is 4.74 Å². The third-order valence-electron chi connectivity index (χ3n) is 2.70. The van der Waals surface area contributed by atoms with Gasteiger partial charge in [-0.15, -0.1) is 11.3 Å². The lowest BCUT2D eigenvalue weighted by molar-refractivity contribution is -0.0102. The summed E-state index contributed by atoms with van der Waals surface area (Å²) in [6.07, 6.45) is 0. The normalized spacial score (nSPS) is 14.0. The number of thiazole rings is 1. The molecule has 0 spiro atoms. The van der Waals surface area contributed by atoms with Crippen molar-refractivity contribution in [1.82, 2.24) is 10.3 Å². The average molecular weight is 256 g/mol. The minimum absolute atomic E-state index is 0.114. The predicted molar refractivity (Wildman–Crippen MR) is 73.7 cm³/mol. The van der Waals surface area contributed by atoms with Gasteiger partial charge in [-0.2, -0.15) is 0 Å². The molecule has 1 rings (SSSR count). The number of nitrogens with zero attached hydrogens (tertiary/aromatic N) is 1. The number of hydrogen-bond donors (Lipinski definition) is 1. The third-order valence-corrected chi connectivity index (χ3v) is 3.96. The van der Waals surface area contributed by atoms with Gasteiger partial charge in [-0.25, -0.2) is 4.98 Å². The number of hydrogen-bond acceptors (Lipinski definition) is 4. The van der Waals surface area contributed by atoms with E-state index in [0.717, 1.165) is 23.9 Å². The monoisotopic (exact) mass is 256 g/mol.